The number of carbonyl (C=O) groups is 2. The molecule has 2 fully saturated rings. The predicted octanol–water partition coefficient (Wildman–Crippen LogP) is 4.23. The molecule has 1 heterocycles. The van der Waals surface area contributed by atoms with Crippen LogP contribution >= 0.6 is 0 Å². The van der Waals surface area contributed by atoms with Gasteiger partial charge in [-0.1, -0.05) is 18.2 Å². The lowest BCUT2D eigenvalue weighted by Gasteiger charge is -2.30. The number of amides is 2. The van der Waals surface area contributed by atoms with Crippen molar-refractivity contribution in [1.29, 1.82) is 0 Å². The van der Waals surface area contributed by atoms with Gasteiger partial charge in [-0.2, -0.15) is 0 Å². The molecule has 0 bridgehead atoms. The SMILES string of the molecule is O=C1CCC(N2CCN(c3ccc(Oc4ccccc4)cc3)C2=O)CC1. The molecule has 5 nitrogen and oxygen atoms in total. The van der Waals surface area contributed by atoms with E-state index in [2.05, 4.69) is 0 Å². The molecule has 0 spiro atoms. The van der Waals surface area contributed by atoms with E-state index in [0.717, 1.165) is 36.6 Å². The predicted molar refractivity (Wildman–Crippen MR) is 99.7 cm³/mol. The molecule has 2 amide bonds. The Hall–Kier alpha value is -2.82. The Morgan fingerprint density at radius 1 is 0.808 bits per heavy atom. The number of benzene rings is 2. The fourth-order valence-electron chi connectivity index (χ4n) is 3.69. The van der Waals surface area contributed by atoms with Crippen molar-refractivity contribution in [3.63, 3.8) is 0 Å². The third kappa shape index (κ3) is 3.43. The molecule has 26 heavy (non-hydrogen) atoms. The average Bonchev–Trinajstić information content (AvgIpc) is 3.05. The zero-order valence-corrected chi connectivity index (χ0v) is 14.6. The monoisotopic (exact) mass is 350 g/mol. The highest BCUT2D eigenvalue weighted by Crippen LogP contribution is 2.29. The average molecular weight is 350 g/mol. The van der Waals surface area contributed by atoms with Gasteiger partial charge in [-0.3, -0.25) is 9.69 Å². The number of ether oxygens (including phenoxy) is 1. The van der Waals surface area contributed by atoms with Crippen LogP contribution in [0.4, 0.5) is 10.5 Å². The Bertz CT molecular complexity index is 779. The summed E-state index contributed by atoms with van der Waals surface area (Å²) in [6, 6.07) is 17.5. The van der Waals surface area contributed by atoms with E-state index in [0.29, 0.717) is 25.2 Å². The molecule has 5 heteroatoms. The fraction of sp³-hybridized carbons (Fsp3) is 0.333. The number of anilines is 1. The van der Waals surface area contributed by atoms with Crippen LogP contribution in [0.2, 0.25) is 0 Å². The summed E-state index contributed by atoms with van der Waals surface area (Å²) in [5.74, 6) is 1.85. The molecule has 134 valence electrons. The second-order valence-corrected chi connectivity index (χ2v) is 6.81. The maximum Gasteiger partial charge on any atom is 0.324 e. The van der Waals surface area contributed by atoms with Gasteiger partial charge in [-0.15, -0.1) is 0 Å². The lowest BCUT2D eigenvalue weighted by Crippen LogP contribution is -2.41. The zero-order valence-electron chi connectivity index (χ0n) is 14.6. The van der Waals surface area contributed by atoms with Gasteiger partial charge in [0, 0.05) is 37.7 Å². The second-order valence-electron chi connectivity index (χ2n) is 6.81. The van der Waals surface area contributed by atoms with Gasteiger partial charge in [-0.25, -0.2) is 4.79 Å². The van der Waals surface area contributed by atoms with E-state index in [4.69, 9.17) is 4.74 Å². The third-order valence-corrected chi connectivity index (χ3v) is 5.12. The van der Waals surface area contributed by atoms with E-state index in [1.54, 1.807) is 0 Å². The zero-order chi connectivity index (χ0) is 17.9. The molecule has 2 aromatic carbocycles. The van der Waals surface area contributed by atoms with E-state index in [-0.39, 0.29) is 12.1 Å². The molecular weight excluding hydrogens is 328 g/mol. The number of para-hydroxylation sites is 1. The van der Waals surface area contributed by atoms with Crippen molar-refractivity contribution >= 4 is 17.5 Å². The maximum absolute atomic E-state index is 12.8. The molecule has 4 rings (SSSR count). The second kappa shape index (κ2) is 7.20. The quantitative estimate of drug-likeness (QED) is 0.829. The van der Waals surface area contributed by atoms with Gasteiger partial charge >= 0.3 is 6.03 Å². The minimum Gasteiger partial charge on any atom is -0.457 e. The Kier molecular flexibility index (Phi) is 4.61. The first-order valence-corrected chi connectivity index (χ1v) is 9.13. The summed E-state index contributed by atoms with van der Waals surface area (Å²) >= 11 is 0. The van der Waals surface area contributed by atoms with Gasteiger partial charge in [0.05, 0.1) is 0 Å². The summed E-state index contributed by atoms with van der Waals surface area (Å²) in [5.41, 5.74) is 0.879. The van der Waals surface area contributed by atoms with Crippen molar-refractivity contribution < 1.29 is 14.3 Å². The van der Waals surface area contributed by atoms with E-state index >= 15 is 0 Å². The van der Waals surface area contributed by atoms with Crippen LogP contribution in [0.25, 0.3) is 0 Å². The van der Waals surface area contributed by atoms with Crippen molar-refractivity contribution in [1.82, 2.24) is 4.90 Å². The van der Waals surface area contributed by atoms with Crippen molar-refractivity contribution in [2.75, 3.05) is 18.0 Å². The normalized spacial score (nSPS) is 18.5. The first-order valence-electron chi connectivity index (χ1n) is 9.13. The van der Waals surface area contributed by atoms with Crippen LogP contribution in [0.5, 0.6) is 11.5 Å². The number of urea groups is 1. The first-order chi connectivity index (χ1) is 12.7. The summed E-state index contributed by atoms with van der Waals surface area (Å²) in [7, 11) is 0. The topological polar surface area (TPSA) is 49.9 Å². The van der Waals surface area contributed by atoms with Gasteiger partial charge in [0.1, 0.15) is 17.3 Å². The smallest absolute Gasteiger partial charge is 0.324 e. The standard InChI is InChI=1S/C21H22N2O3/c24-18-10-6-16(7-11-18)22-14-15-23(21(22)25)17-8-12-20(13-9-17)26-19-4-2-1-3-5-19/h1-5,8-9,12-13,16H,6-7,10-11,14-15H2. The van der Waals surface area contributed by atoms with Gasteiger partial charge in [0.25, 0.3) is 0 Å². The number of ketones is 1. The minimum absolute atomic E-state index is 0.0427. The number of hydrogen-bond acceptors (Lipinski definition) is 3. The van der Waals surface area contributed by atoms with Crippen molar-refractivity contribution in [3.8, 4) is 11.5 Å². The lowest BCUT2D eigenvalue weighted by atomic mass is 9.93. The molecule has 0 atom stereocenters. The molecule has 0 unspecified atom stereocenters. The first kappa shape index (κ1) is 16.6. The van der Waals surface area contributed by atoms with Gasteiger partial charge in [0.15, 0.2) is 0 Å². The highest BCUT2D eigenvalue weighted by Gasteiger charge is 2.35. The number of nitrogens with zero attached hydrogens (tertiary/aromatic N) is 2. The Labute approximate surface area is 153 Å². The number of carbonyl (C=O) groups excluding carboxylic acids is 2. The summed E-state index contributed by atoms with van der Waals surface area (Å²) < 4.78 is 5.80. The van der Waals surface area contributed by atoms with E-state index in [1.165, 1.54) is 0 Å². The molecule has 0 aromatic heterocycles. The van der Waals surface area contributed by atoms with Crippen molar-refractivity contribution in [2.45, 2.75) is 31.7 Å². The van der Waals surface area contributed by atoms with Crippen LogP contribution in [-0.2, 0) is 4.79 Å². The summed E-state index contributed by atoms with van der Waals surface area (Å²) in [6.45, 7) is 1.40. The van der Waals surface area contributed by atoms with Crippen LogP contribution in [-0.4, -0.2) is 35.8 Å². The van der Waals surface area contributed by atoms with Crippen molar-refractivity contribution in [3.05, 3.63) is 54.6 Å². The number of rotatable bonds is 4. The molecular formula is C21H22N2O3. The van der Waals surface area contributed by atoms with Gasteiger partial charge < -0.3 is 9.64 Å². The van der Waals surface area contributed by atoms with Crippen LogP contribution < -0.4 is 9.64 Å². The van der Waals surface area contributed by atoms with E-state index in [1.807, 2.05) is 64.4 Å². The van der Waals surface area contributed by atoms with E-state index in [9.17, 15) is 9.59 Å². The summed E-state index contributed by atoms with van der Waals surface area (Å²) in [6.07, 6.45) is 2.78. The summed E-state index contributed by atoms with van der Waals surface area (Å²) in [5, 5.41) is 0. The van der Waals surface area contributed by atoms with Crippen molar-refractivity contribution in [2.24, 2.45) is 0 Å². The van der Waals surface area contributed by atoms with Crippen LogP contribution in [0.3, 0.4) is 0 Å². The summed E-state index contributed by atoms with van der Waals surface area (Å²) in [4.78, 5) is 28.0. The molecule has 0 N–H and O–H groups in total. The Balaban J connectivity index is 1.41. The van der Waals surface area contributed by atoms with E-state index < -0.39 is 0 Å². The Morgan fingerprint density at radius 3 is 2.15 bits per heavy atom. The molecule has 1 aliphatic heterocycles. The maximum atomic E-state index is 12.8. The molecule has 2 aromatic rings. The minimum atomic E-state index is 0.0427. The largest absolute Gasteiger partial charge is 0.457 e. The van der Waals surface area contributed by atoms with Gasteiger partial charge in [0.2, 0.25) is 0 Å². The lowest BCUT2D eigenvalue weighted by molar-refractivity contribution is -0.121. The number of Topliss-reactive ketones (excluding diaryl/α,β-unsaturated/α-hetero) is 1. The Morgan fingerprint density at radius 2 is 1.46 bits per heavy atom. The van der Waals surface area contributed by atoms with Crippen LogP contribution in [0.1, 0.15) is 25.7 Å². The van der Waals surface area contributed by atoms with Crippen LogP contribution in [0.15, 0.2) is 54.6 Å². The molecule has 1 aliphatic carbocycles. The molecule has 1 saturated carbocycles. The van der Waals surface area contributed by atoms with Crippen LogP contribution in [0, 0.1) is 0 Å². The van der Waals surface area contributed by atoms with Gasteiger partial charge in [-0.05, 0) is 49.2 Å². The number of hydrogen-bond donors (Lipinski definition) is 0. The molecule has 0 radical (unpaired) electrons. The highest BCUT2D eigenvalue weighted by atomic mass is 16.5. The molecule has 2 aliphatic rings. The molecule has 1 saturated heterocycles. The fourth-order valence-corrected chi connectivity index (χ4v) is 3.69. The third-order valence-electron chi connectivity index (χ3n) is 5.12. The highest BCUT2D eigenvalue weighted by molar-refractivity contribution is 5.94.